The summed E-state index contributed by atoms with van der Waals surface area (Å²) in [6.07, 6.45) is 0.486. The molecular formula is C10H16N2O2S. The maximum absolute atomic E-state index is 11.8. The van der Waals surface area contributed by atoms with Gasteiger partial charge in [0.15, 0.2) is 0 Å². The van der Waals surface area contributed by atoms with E-state index >= 15 is 0 Å². The first-order valence-electron chi connectivity index (χ1n) is 4.79. The van der Waals surface area contributed by atoms with Crippen LogP contribution in [0, 0.1) is 0 Å². The summed E-state index contributed by atoms with van der Waals surface area (Å²) in [7, 11) is -1.67. The third kappa shape index (κ3) is 3.21. The molecule has 0 aliphatic rings. The van der Waals surface area contributed by atoms with Gasteiger partial charge < -0.3 is 5.73 Å². The smallest absolute Gasteiger partial charge is 0.234 e. The first-order chi connectivity index (χ1) is 7.08. The molecule has 84 valence electrons. The van der Waals surface area contributed by atoms with Crippen LogP contribution in [0.5, 0.6) is 0 Å². The van der Waals surface area contributed by atoms with Crippen molar-refractivity contribution in [2.75, 3.05) is 23.7 Å². The Kier molecular flexibility index (Phi) is 4.11. The highest BCUT2D eigenvalue weighted by Crippen LogP contribution is 2.15. The molecule has 15 heavy (non-hydrogen) atoms. The van der Waals surface area contributed by atoms with E-state index < -0.39 is 10.0 Å². The van der Waals surface area contributed by atoms with Gasteiger partial charge in [0.1, 0.15) is 0 Å². The van der Waals surface area contributed by atoms with E-state index in [0.29, 0.717) is 18.7 Å². The van der Waals surface area contributed by atoms with Crippen molar-refractivity contribution in [2.24, 2.45) is 5.73 Å². The highest BCUT2D eigenvalue weighted by atomic mass is 32.2. The second-order valence-corrected chi connectivity index (χ2v) is 5.38. The summed E-state index contributed by atoms with van der Waals surface area (Å²) in [5, 5.41) is 0. The van der Waals surface area contributed by atoms with Gasteiger partial charge >= 0.3 is 0 Å². The second-order valence-electron chi connectivity index (χ2n) is 3.26. The van der Waals surface area contributed by atoms with Crippen molar-refractivity contribution in [3.05, 3.63) is 30.3 Å². The summed E-state index contributed by atoms with van der Waals surface area (Å²) >= 11 is 0. The predicted octanol–water partition coefficient (Wildman–Crippen LogP) is 0.801. The quantitative estimate of drug-likeness (QED) is 0.811. The van der Waals surface area contributed by atoms with E-state index in [1.54, 1.807) is 19.2 Å². The monoisotopic (exact) mass is 228 g/mol. The zero-order valence-corrected chi connectivity index (χ0v) is 9.57. The van der Waals surface area contributed by atoms with Gasteiger partial charge in [-0.1, -0.05) is 18.2 Å². The predicted molar refractivity (Wildman–Crippen MR) is 62.3 cm³/mol. The van der Waals surface area contributed by atoms with Gasteiger partial charge in [-0.05, 0) is 25.1 Å². The molecule has 0 aliphatic heterocycles. The van der Waals surface area contributed by atoms with Crippen molar-refractivity contribution in [1.29, 1.82) is 0 Å². The van der Waals surface area contributed by atoms with Crippen molar-refractivity contribution in [2.45, 2.75) is 6.42 Å². The molecule has 1 rings (SSSR count). The number of nitrogens with zero attached hydrogens (tertiary/aromatic N) is 1. The van der Waals surface area contributed by atoms with Crippen molar-refractivity contribution in [3.63, 3.8) is 0 Å². The van der Waals surface area contributed by atoms with Crippen molar-refractivity contribution in [1.82, 2.24) is 0 Å². The Labute approximate surface area is 90.8 Å². The number of rotatable bonds is 5. The number of nitrogens with two attached hydrogens (primary N) is 1. The molecule has 0 heterocycles. The molecule has 1 aromatic rings. The molecule has 0 radical (unpaired) electrons. The van der Waals surface area contributed by atoms with Crippen LogP contribution in [0.25, 0.3) is 0 Å². The van der Waals surface area contributed by atoms with Crippen LogP contribution in [0.3, 0.4) is 0 Å². The van der Waals surface area contributed by atoms with Gasteiger partial charge in [-0.2, -0.15) is 0 Å². The maximum Gasteiger partial charge on any atom is 0.234 e. The number of anilines is 1. The lowest BCUT2D eigenvalue weighted by Gasteiger charge is -2.18. The van der Waals surface area contributed by atoms with Crippen LogP contribution in [0.15, 0.2) is 30.3 Å². The SMILES string of the molecule is CN(c1ccccc1)S(=O)(=O)CCCN. The van der Waals surface area contributed by atoms with Crippen LogP contribution in [-0.2, 0) is 10.0 Å². The van der Waals surface area contributed by atoms with Gasteiger partial charge in [-0.25, -0.2) is 8.42 Å². The fraction of sp³-hybridized carbons (Fsp3) is 0.400. The molecule has 0 amide bonds. The summed E-state index contributed by atoms with van der Waals surface area (Å²) in [5.74, 6) is 0.0922. The standard InChI is InChI=1S/C10H16N2O2S/c1-12(10-6-3-2-4-7-10)15(13,14)9-5-8-11/h2-4,6-7H,5,8-9,11H2,1H3. The zero-order valence-electron chi connectivity index (χ0n) is 8.76. The fourth-order valence-electron chi connectivity index (χ4n) is 1.20. The van der Waals surface area contributed by atoms with Crippen LogP contribution < -0.4 is 10.0 Å². The van der Waals surface area contributed by atoms with Crippen molar-refractivity contribution >= 4 is 15.7 Å². The Morgan fingerprint density at radius 1 is 1.27 bits per heavy atom. The van der Waals surface area contributed by atoms with E-state index in [1.165, 1.54) is 4.31 Å². The third-order valence-corrected chi connectivity index (χ3v) is 3.99. The molecular weight excluding hydrogens is 212 g/mol. The van der Waals surface area contributed by atoms with Gasteiger partial charge in [0, 0.05) is 7.05 Å². The normalized spacial score (nSPS) is 11.3. The third-order valence-electron chi connectivity index (χ3n) is 2.14. The molecule has 5 heteroatoms. The van der Waals surface area contributed by atoms with E-state index in [-0.39, 0.29) is 5.75 Å². The van der Waals surface area contributed by atoms with E-state index in [9.17, 15) is 8.42 Å². The second kappa shape index (κ2) is 5.14. The molecule has 2 N–H and O–H groups in total. The summed E-state index contributed by atoms with van der Waals surface area (Å²) in [4.78, 5) is 0. The molecule has 1 aromatic carbocycles. The average Bonchev–Trinajstić information content (AvgIpc) is 2.26. The molecule has 0 saturated heterocycles. The highest BCUT2D eigenvalue weighted by Gasteiger charge is 2.16. The topological polar surface area (TPSA) is 63.4 Å². The van der Waals surface area contributed by atoms with E-state index in [4.69, 9.17) is 5.73 Å². The van der Waals surface area contributed by atoms with Crippen LogP contribution >= 0.6 is 0 Å². The molecule has 0 saturated carbocycles. The number of hydrogen-bond donors (Lipinski definition) is 1. The molecule has 0 aliphatic carbocycles. The molecule has 0 spiro atoms. The Morgan fingerprint density at radius 2 is 1.87 bits per heavy atom. The highest BCUT2D eigenvalue weighted by molar-refractivity contribution is 7.92. The molecule has 0 atom stereocenters. The summed E-state index contributed by atoms with van der Waals surface area (Å²) in [5.41, 5.74) is 5.97. The van der Waals surface area contributed by atoms with Crippen molar-refractivity contribution < 1.29 is 8.42 Å². The zero-order chi connectivity index (χ0) is 11.3. The lowest BCUT2D eigenvalue weighted by Crippen LogP contribution is -2.29. The lowest BCUT2D eigenvalue weighted by atomic mass is 10.3. The summed E-state index contributed by atoms with van der Waals surface area (Å²) in [6, 6.07) is 9.00. The van der Waals surface area contributed by atoms with Gasteiger partial charge in [0.05, 0.1) is 11.4 Å². The minimum atomic E-state index is -3.22. The molecule has 4 nitrogen and oxygen atoms in total. The largest absolute Gasteiger partial charge is 0.330 e. The van der Waals surface area contributed by atoms with E-state index in [1.807, 2.05) is 18.2 Å². The summed E-state index contributed by atoms with van der Waals surface area (Å²) in [6.45, 7) is 0.391. The number of para-hydroxylation sites is 1. The maximum atomic E-state index is 11.8. The van der Waals surface area contributed by atoms with Gasteiger partial charge in [-0.3, -0.25) is 4.31 Å². The van der Waals surface area contributed by atoms with Crippen molar-refractivity contribution in [3.8, 4) is 0 Å². The Hall–Kier alpha value is -1.07. The minimum absolute atomic E-state index is 0.0922. The first-order valence-corrected chi connectivity index (χ1v) is 6.40. The van der Waals surface area contributed by atoms with E-state index in [2.05, 4.69) is 0 Å². The van der Waals surface area contributed by atoms with Gasteiger partial charge in [-0.15, -0.1) is 0 Å². The Bertz CT molecular complexity index is 389. The number of sulfonamides is 1. The lowest BCUT2D eigenvalue weighted by molar-refractivity contribution is 0.592. The summed E-state index contributed by atoms with van der Waals surface area (Å²) < 4.78 is 24.8. The minimum Gasteiger partial charge on any atom is -0.330 e. The first kappa shape index (κ1) is 12.0. The Balaban J connectivity index is 2.80. The van der Waals surface area contributed by atoms with Crippen LogP contribution in [0.4, 0.5) is 5.69 Å². The molecule has 0 bridgehead atoms. The molecule has 0 fully saturated rings. The van der Waals surface area contributed by atoms with Crippen LogP contribution in [0.1, 0.15) is 6.42 Å². The van der Waals surface area contributed by atoms with Gasteiger partial charge in [0.2, 0.25) is 10.0 Å². The number of benzene rings is 1. The molecule has 0 aromatic heterocycles. The fourth-order valence-corrected chi connectivity index (χ4v) is 2.45. The van der Waals surface area contributed by atoms with Crippen LogP contribution in [-0.4, -0.2) is 27.8 Å². The Morgan fingerprint density at radius 3 is 2.40 bits per heavy atom. The van der Waals surface area contributed by atoms with Crippen LogP contribution in [0.2, 0.25) is 0 Å². The molecule has 0 unspecified atom stereocenters. The number of hydrogen-bond acceptors (Lipinski definition) is 3. The van der Waals surface area contributed by atoms with Gasteiger partial charge in [0.25, 0.3) is 0 Å². The van der Waals surface area contributed by atoms with E-state index in [0.717, 1.165) is 0 Å². The average molecular weight is 228 g/mol.